The fraction of sp³-hybridized carbons (Fsp3) is 0.125. The summed E-state index contributed by atoms with van der Waals surface area (Å²) in [6.45, 7) is 0.406. The minimum atomic E-state index is -0.400. The predicted molar refractivity (Wildman–Crippen MR) is 87.0 cm³/mol. The first-order valence-electron chi connectivity index (χ1n) is 6.80. The summed E-state index contributed by atoms with van der Waals surface area (Å²) in [6.07, 6.45) is 0. The molecular weight excluding hydrogens is 280 g/mol. The molecule has 1 aliphatic heterocycles. The van der Waals surface area contributed by atoms with Gasteiger partial charge in [-0.25, -0.2) is 0 Å². The van der Waals surface area contributed by atoms with Crippen LogP contribution in [-0.4, -0.2) is 30.1 Å². The standard InChI is InChI=1S/C16H14N4O2/c1-17-15-10-18-16(11-5-3-2-4-6-11)13-9-12(20(21)22)7-8-14(13)19-15/h2-9H,10H2,1H3,(H,17,19). The second-order valence-corrected chi connectivity index (χ2v) is 4.81. The van der Waals surface area contributed by atoms with Gasteiger partial charge in [-0.2, -0.15) is 0 Å². The molecule has 0 aromatic heterocycles. The van der Waals surface area contributed by atoms with Gasteiger partial charge in [-0.1, -0.05) is 30.3 Å². The number of benzodiazepines with no additional fused rings is 1. The number of nitro groups is 1. The molecular formula is C16H14N4O2. The third-order valence-electron chi connectivity index (χ3n) is 3.45. The van der Waals surface area contributed by atoms with Gasteiger partial charge in [-0.15, -0.1) is 0 Å². The number of fused-ring (bicyclic) bond motifs is 1. The summed E-state index contributed by atoms with van der Waals surface area (Å²) in [7, 11) is 1.69. The molecule has 0 fully saturated rings. The van der Waals surface area contributed by atoms with Gasteiger partial charge in [-0.3, -0.25) is 20.1 Å². The lowest BCUT2D eigenvalue weighted by atomic mass is 10.00. The molecule has 22 heavy (non-hydrogen) atoms. The van der Waals surface area contributed by atoms with Gasteiger partial charge in [0, 0.05) is 36.0 Å². The molecule has 2 aromatic rings. The Labute approximate surface area is 127 Å². The number of rotatable bonds is 2. The van der Waals surface area contributed by atoms with Gasteiger partial charge in [0.2, 0.25) is 0 Å². The molecule has 0 amide bonds. The van der Waals surface area contributed by atoms with Crippen LogP contribution in [0, 0.1) is 10.1 Å². The summed E-state index contributed by atoms with van der Waals surface area (Å²) in [5.41, 5.74) is 3.17. The van der Waals surface area contributed by atoms with Crippen LogP contribution in [0.15, 0.2) is 58.5 Å². The van der Waals surface area contributed by atoms with Gasteiger partial charge in [-0.05, 0) is 6.07 Å². The van der Waals surface area contributed by atoms with Crippen molar-refractivity contribution in [2.24, 2.45) is 9.98 Å². The third kappa shape index (κ3) is 2.58. The minimum Gasteiger partial charge on any atom is -0.342 e. The number of nitrogens with one attached hydrogen (secondary N) is 1. The van der Waals surface area contributed by atoms with Crippen LogP contribution >= 0.6 is 0 Å². The van der Waals surface area contributed by atoms with Crippen molar-refractivity contribution < 1.29 is 4.92 Å². The lowest BCUT2D eigenvalue weighted by Gasteiger charge is -2.10. The monoisotopic (exact) mass is 294 g/mol. The highest BCUT2D eigenvalue weighted by molar-refractivity contribution is 6.19. The number of anilines is 1. The molecule has 0 unspecified atom stereocenters. The highest BCUT2D eigenvalue weighted by Crippen LogP contribution is 2.27. The van der Waals surface area contributed by atoms with E-state index in [1.165, 1.54) is 6.07 Å². The van der Waals surface area contributed by atoms with E-state index in [1.807, 2.05) is 30.3 Å². The van der Waals surface area contributed by atoms with E-state index < -0.39 is 4.92 Å². The van der Waals surface area contributed by atoms with Gasteiger partial charge in [0.25, 0.3) is 5.69 Å². The van der Waals surface area contributed by atoms with Crippen molar-refractivity contribution in [3.8, 4) is 0 Å². The minimum absolute atomic E-state index is 0.0427. The highest BCUT2D eigenvalue weighted by atomic mass is 16.6. The number of amidine groups is 1. The Morgan fingerprint density at radius 3 is 2.68 bits per heavy atom. The van der Waals surface area contributed by atoms with Crippen molar-refractivity contribution in [3.63, 3.8) is 0 Å². The average molecular weight is 294 g/mol. The summed E-state index contributed by atoms with van der Waals surface area (Å²) in [5.74, 6) is 0.723. The van der Waals surface area contributed by atoms with Crippen molar-refractivity contribution in [2.45, 2.75) is 0 Å². The zero-order valence-corrected chi connectivity index (χ0v) is 12.0. The van der Waals surface area contributed by atoms with E-state index in [4.69, 9.17) is 0 Å². The molecule has 0 saturated heterocycles. The predicted octanol–water partition coefficient (Wildman–Crippen LogP) is 2.89. The molecule has 2 aromatic carbocycles. The quantitative estimate of drug-likeness (QED) is 0.683. The highest BCUT2D eigenvalue weighted by Gasteiger charge is 2.20. The van der Waals surface area contributed by atoms with E-state index in [9.17, 15) is 10.1 Å². The van der Waals surface area contributed by atoms with E-state index in [2.05, 4.69) is 15.3 Å². The largest absolute Gasteiger partial charge is 0.342 e. The Bertz CT molecular complexity index is 782. The van der Waals surface area contributed by atoms with Crippen molar-refractivity contribution in [1.29, 1.82) is 0 Å². The number of benzene rings is 2. The van der Waals surface area contributed by atoms with Crippen LogP contribution < -0.4 is 5.32 Å². The van der Waals surface area contributed by atoms with Crippen LogP contribution in [0.2, 0.25) is 0 Å². The fourth-order valence-corrected chi connectivity index (χ4v) is 2.35. The van der Waals surface area contributed by atoms with Crippen molar-refractivity contribution in [3.05, 3.63) is 69.8 Å². The third-order valence-corrected chi connectivity index (χ3v) is 3.45. The van der Waals surface area contributed by atoms with Crippen LogP contribution in [0.3, 0.4) is 0 Å². The Kier molecular flexibility index (Phi) is 3.65. The summed E-state index contributed by atoms with van der Waals surface area (Å²) >= 11 is 0. The first kappa shape index (κ1) is 13.9. The van der Waals surface area contributed by atoms with Crippen LogP contribution in [0.1, 0.15) is 11.1 Å². The smallest absolute Gasteiger partial charge is 0.270 e. The first-order chi connectivity index (χ1) is 10.7. The fourth-order valence-electron chi connectivity index (χ4n) is 2.35. The van der Waals surface area contributed by atoms with Crippen LogP contribution in [0.4, 0.5) is 11.4 Å². The van der Waals surface area contributed by atoms with Crippen LogP contribution in [-0.2, 0) is 0 Å². The number of non-ortho nitro benzene ring substituents is 1. The zero-order chi connectivity index (χ0) is 15.5. The normalized spacial score (nSPS) is 15.5. The van der Waals surface area contributed by atoms with Crippen molar-refractivity contribution in [1.82, 2.24) is 0 Å². The van der Waals surface area contributed by atoms with Crippen LogP contribution in [0.25, 0.3) is 0 Å². The molecule has 1 aliphatic rings. The second kappa shape index (κ2) is 5.77. The maximum absolute atomic E-state index is 11.1. The second-order valence-electron chi connectivity index (χ2n) is 4.81. The number of aliphatic imine (C=N–C) groups is 2. The molecule has 110 valence electrons. The Morgan fingerprint density at radius 1 is 1.23 bits per heavy atom. The molecule has 1 N–H and O–H groups in total. The molecule has 0 bridgehead atoms. The van der Waals surface area contributed by atoms with E-state index in [0.717, 1.165) is 22.8 Å². The summed E-state index contributed by atoms with van der Waals surface area (Å²) < 4.78 is 0. The van der Waals surface area contributed by atoms with Gasteiger partial charge < -0.3 is 5.32 Å². The summed E-state index contributed by atoms with van der Waals surface area (Å²) in [5, 5.41) is 14.2. The number of hydrogen-bond donors (Lipinski definition) is 1. The topological polar surface area (TPSA) is 79.9 Å². The number of nitrogens with zero attached hydrogens (tertiary/aromatic N) is 3. The van der Waals surface area contributed by atoms with E-state index in [-0.39, 0.29) is 5.69 Å². The van der Waals surface area contributed by atoms with E-state index in [0.29, 0.717) is 12.1 Å². The molecule has 0 atom stereocenters. The number of hydrogen-bond acceptors (Lipinski definition) is 4. The van der Waals surface area contributed by atoms with Gasteiger partial charge >= 0.3 is 0 Å². The Balaban J connectivity index is 2.20. The van der Waals surface area contributed by atoms with Crippen molar-refractivity contribution in [2.75, 3.05) is 18.9 Å². The van der Waals surface area contributed by atoms with E-state index >= 15 is 0 Å². The maximum atomic E-state index is 11.1. The van der Waals surface area contributed by atoms with Gasteiger partial charge in [0.15, 0.2) is 0 Å². The SMILES string of the molecule is CN=C1CN=C(c2ccccc2)c2cc([N+](=O)[O-])ccc2N1. The molecule has 0 spiro atoms. The van der Waals surface area contributed by atoms with E-state index in [1.54, 1.807) is 19.2 Å². The number of nitro benzene ring substituents is 1. The Morgan fingerprint density at radius 2 is 2.00 bits per heavy atom. The maximum Gasteiger partial charge on any atom is 0.270 e. The van der Waals surface area contributed by atoms with Gasteiger partial charge in [0.1, 0.15) is 5.84 Å². The zero-order valence-electron chi connectivity index (χ0n) is 12.0. The first-order valence-corrected chi connectivity index (χ1v) is 6.80. The molecule has 3 rings (SSSR count). The Hall–Kier alpha value is -3.02. The lowest BCUT2D eigenvalue weighted by molar-refractivity contribution is -0.384. The molecule has 6 nitrogen and oxygen atoms in total. The molecule has 0 saturated carbocycles. The lowest BCUT2D eigenvalue weighted by Crippen LogP contribution is -2.14. The van der Waals surface area contributed by atoms with Crippen molar-refractivity contribution >= 4 is 22.9 Å². The average Bonchev–Trinajstić information content (AvgIpc) is 2.74. The summed E-state index contributed by atoms with van der Waals surface area (Å²) in [4.78, 5) is 19.4. The summed E-state index contributed by atoms with van der Waals surface area (Å²) in [6, 6.07) is 14.4. The molecule has 6 heteroatoms. The molecule has 0 radical (unpaired) electrons. The van der Waals surface area contributed by atoms with Gasteiger partial charge in [0.05, 0.1) is 17.2 Å². The molecule has 1 heterocycles. The molecule has 0 aliphatic carbocycles. The van der Waals surface area contributed by atoms with Crippen LogP contribution in [0.5, 0.6) is 0 Å².